The summed E-state index contributed by atoms with van der Waals surface area (Å²) >= 11 is 13.5. The van der Waals surface area contributed by atoms with Crippen molar-refractivity contribution in [1.82, 2.24) is 15.3 Å². The number of halogens is 2. The molecule has 0 unspecified atom stereocenters. The summed E-state index contributed by atoms with van der Waals surface area (Å²) in [5.74, 6) is 1.05. The first-order valence-corrected chi connectivity index (χ1v) is 7.92. The first kappa shape index (κ1) is 14.7. The largest absolute Gasteiger partial charge is 0.381 e. The maximum Gasteiger partial charge on any atom is 0.158 e. The van der Waals surface area contributed by atoms with E-state index in [0.717, 1.165) is 18.0 Å². The van der Waals surface area contributed by atoms with Gasteiger partial charge in [0, 0.05) is 18.0 Å². The summed E-state index contributed by atoms with van der Waals surface area (Å²) in [7, 11) is 0. The number of rotatable bonds is 4. The van der Waals surface area contributed by atoms with Gasteiger partial charge in [0.25, 0.3) is 0 Å². The second kappa shape index (κ2) is 6.27. The Kier molecular flexibility index (Phi) is 4.40. The van der Waals surface area contributed by atoms with E-state index < -0.39 is 0 Å². The van der Waals surface area contributed by atoms with Crippen LogP contribution < -0.4 is 16.4 Å². The summed E-state index contributed by atoms with van der Waals surface area (Å²) < 4.78 is 0. The molecule has 3 rings (SSSR count). The number of nitrogens with two attached hydrogens (primary N) is 1. The average molecular weight is 342 g/mol. The fourth-order valence-corrected chi connectivity index (χ4v) is 3.09. The van der Waals surface area contributed by atoms with E-state index in [1.807, 2.05) is 12.1 Å². The van der Waals surface area contributed by atoms with Crippen LogP contribution in [0.3, 0.4) is 0 Å². The quantitative estimate of drug-likeness (QED) is 0.793. The molecule has 8 heteroatoms. The average Bonchev–Trinajstić information content (AvgIpc) is 2.42. The highest BCUT2D eigenvalue weighted by Crippen LogP contribution is 2.37. The number of hydrogen-bond donors (Lipinski definition) is 3. The molecule has 0 amide bonds. The van der Waals surface area contributed by atoms with Crippen molar-refractivity contribution in [3.8, 4) is 0 Å². The van der Waals surface area contributed by atoms with Crippen LogP contribution in [0.25, 0.3) is 0 Å². The minimum Gasteiger partial charge on any atom is -0.381 e. The molecule has 1 aromatic heterocycles. The number of aromatic nitrogens is 2. The first-order chi connectivity index (χ1) is 10.1. The standard InChI is InChI=1S/C13H13Cl2N5S/c14-8-2-1-3-9(11(8)15)21-13-12(16)20-10(6-18-13)19-7-4-17-5-7/h1-3,6-7,17H,4-5H2,(H3,16,19,20). The highest BCUT2D eigenvalue weighted by Gasteiger charge is 2.17. The molecule has 1 aliphatic rings. The van der Waals surface area contributed by atoms with Gasteiger partial charge in [-0.2, -0.15) is 0 Å². The van der Waals surface area contributed by atoms with Crippen LogP contribution in [0.15, 0.2) is 34.3 Å². The third-order valence-corrected chi connectivity index (χ3v) is 5.02. The monoisotopic (exact) mass is 341 g/mol. The Morgan fingerprint density at radius 2 is 2.14 bits per heavy atom. The molecule has 0 aliphatic carbocycles. The lowest BCUT2D eigenvalue weighted by atomic mass is 10.2. The number of hydrogen-bond acceptors (Lipinski definition) is 6. The van der Waals surface area contributed by atoms with Crippen molar-refractivity contribution < 1.29 is 0 Å². The SMILES string of the molecule is Nc1nc(NC2CNC2)cnc1Sc1cccc(Cl)c1Cl. The Morgan fingerprint density at radius 1 is 1.33 bits per heavy atom. The van der Waals surface area contributed by atoms with Crippen molar-refractivity contribution in [3.63, 3.8) is 0 Å². The molecule has 0 spiro atoms. The number of nitrogens with one attached hydrogen (secondary N) is 2. The number of benzene rings is 1. The fourth-order valence-electron chi connectivity index (χ4n) is 1.81. The Morgan fingerprint density at radius 3 is 2.81 bits per heavy atom. The lowest BCUT2D eigenvalue weighted by molar-refractivity contribution is 0.471. The molecule has 0 bridgehead atoms. The second-order valence-electron chi connectivity index (χ2n) is 4.60. The zero-order chi connectivity index (χ0) is 14.8. The van der Waals surface area contributed by atoms with Crippen molar-refractivity contribution in [2.24, 2.45) is 0 Å². The summed E-state index contributed by atoms with van der Waals surface area (Å²) in [6.45, 7) is 1.85. The molecule has 2 heterocycles. The summed E-state index contributed by atoms with van der Waals surface area (Å²) in [5, 5.41) is 8.04. The molecule has 2 aromatic rings. The third kappa shape index (κ3) is 3.35. The van der Waals surface area contributed by atoms with Gasteiger partial charge in [-0.05, 0) is 12.1 Å². The Bertz CT molecular complexity index is 663. The van der Waals surface area contributed by atoms with Gasteiger partial charge in [0.05, 0.1) is 22.3 Å². The first-order valence-electron chi connectivity index (χ1n) is 6.35. The number of nitrogens with zero attached hydrogens (tertiary/aromatic N) is 2. The highest BCUT2D eigenvalue weighted by atomic mass is 35.5. The van der Waals surface area contributed by atoms with Crippen LogP contribution in [0.5, 0.6) is 0 Å². The van der Waals surface area contributed by atoms with E-state index in [1.165, 1.54) is 11.8 Å². The molecule has 1 aromatic carbocycles. The Labute approximate surface area is 136 Å². The zero-order valence-corrected chi connectivity index (χ0v) is 13.3. The minimum absolute atomic E-state index is 0.369. The van der Waals surface area contributed by atoms with Crippen LogP contribution in [0.2, 0.25) is 10.0 Å². The third-order valence-electron chi connectivity index (χ3n) is 3.02. The lowest BCUT2D eigenvalue weighted by Gasteiger charge is -2.28. The van der Waals surface area contributed by atoms with Gasteiger partial charge in [-0.25, -0.2) is 9.97 Å². The van der Waals surface area contributed by atoms with Gasteiger partial charge < -0.3 is 16.4 Å². The number of anilines is 2. The molecule has 1 saturated heterocycles. The second-order valence-corrected chi connectivity index (χ2v) is 6.41. The van der Waals surface area contributed by atoms with Crippen LogP contribution in [0.1, 0.15) is 0 Å². The fraction of sp³-hybridized carbons (Fsp3) is 0.231. The molecular formula is C13H13Cl2N5S. The van der Waals surface area contributed by atoms with Crippen LogP contribution in [0, 0.1) is 0 Å². The van der Waals surface area contributed by atoms with Crippen molar-refractivity contribution in [1.29, 1.82) is 0 Å². The van der Waals surface area contributed by atoms with E-state index >= 15 is 0 Å². The van der Waals surface area contributed by atoms with Crippen molar-refractivity contribution in [2.45, 2.75) is 16.0 Å². The molecule has 0 saturated carbocycles. The van der Waals surface area contributed by atoms with E-state index in [4.69, 9.17) is 28.9 Å². The summed E-state index contributed by atoms with van der Waals surface area (Å²) in [6.07, 6.45) is 1.68. The predicted octanol–water partition coefficient (Wildman–Crippen LogP) is 2.90. The molecule has 1 aliphatic heterocycles. The molecular weight excluding hydrogens is 329 g/mol. The van der Waals surface area contributed by atoms with Crippen LogP contribution >= 0.6 is 35.0 Å². The Balaban J connectivity index is 1.77. The molecule has 21 heavy (non-hydrogen) atoms. The van der Waals surface area contributed by atoms with Gasteiger partial charge in [-0.1, -0.05) is 41.0 Å². The van der Waals surface area contributed by atoms with Gasteiger partial charge in [-0.3, -0.25) is 0 Å². The molecule has 1 fully saturated rings. The van der Waals surface area contributed by atoms with E-state index in [9.17, 15) is 0 Å². The Hall–Kier alpha value is -1.21. The maximum absolute atomic E-state index is 6.16. The summed E-state index contributed by atoms with van der Waals surface area (Å²) in [6, 6.07) is 5.83. The minimum atomic E-state index is 0.369. The van der Waals surface area contributed by atoms with Crippen LogP contribution in [0.4, 0.5) is 11.6 Å². The van der Waals surface area contributed by atoms with Crippen LogP contribution in [-0.4, -0.2) is 29.1 Å². The zero-order valence-electron chi connectivity index (χ0n) is 10.9. The summed E-state index contributed by atoms with van der Waals surface area (Å²) in [4.78, 5) is 9.47. The van der Waals surface area contributed by atoms with Gasteiger partial charge in [0.2, 0.25) is 0 Å². The lowest BCUT2D eigenvalue weighted by Crippen LogP contribution is -2.51. The van der Waals surface area contributed by atoms with Crippen molar-refractivity contribution in [3.05, 3.63) is 34.4 Å². The molecule has 110 valence electrons. The van der Waals surface area contributed by atoms with E-state index in [0.29, 0.717) is 32.7 Å². The van der Waals surface area contributed by atoms with E-state index in [1.54, 1.807) is 12.3 Å². The normalized spacial score (nSPS) is 14.8. The molecule has 4 N–H and O–H groups in total. The molecule has 5 nitrogen and oxygen atoms in total. The maximum atomic E-state index is 6.16. The molecule has 0 radical (unpaired) electrons. The molecule has 0 atom stereocenters. The van der Waals surface area contributed by atoms with Crippen molar-refractivity contribution in [2.75, 3.05) is 24.1 Å². The van der Waals surface area contributed by atoms with Gasteiger partial charge in [0.15, 0.2) is 5.82 Å². The van der Waals surface area contributed by atoms with E-state index in [-0.39, 0.29) is 0 Å². The van der Waals surface area contributed by atoms with Gasteiger partial charge in [-0.15, -0.1) is 0 Å². The van der Waals surface area contributed by atoms with Gasteiger partial charge >= 0.3 is 0 Å². The topological polar surface area (TPSA) is 75.9 Å². The smallest absolute Gasteiger partial charge is 0.158 e. The van der Waals surface area contributed by atoms with Gasteiger partial charge in [0.1, 0.15) is 10.8 Å². The predicted molar refractivity (Wildman–Crippen MR) is 87.3 cm³/mol. The van der Waals surface area contributed by atoms with Crippen LogP contribution in [-0.2, 0) is 0 Å². The highest BCUT2D eigenvalue weighted by molar-refractivity contribution is 7.99. The number of nitrogen functional groups attached to an aromatic ring is 1. The van der Waals surface area contributed by atoms with Crippen molar-refractivity contribution >= 4 is 46.6 Å². The summed E-state index contributed by atoms with van der Waals surface area (Å²) in [5.41, 5.74) is 5.97. The van der Waals surface area contributed by atoms with E-state index in [2.05, 4.69) is 20.6 Å².